The third kappa shape index (κ3) is 7.73. The van der Waals surface area contributed by atoms with Crippen LogP contribution in [0.25, 0.3) is 0 Å². The van der Waals surface area contributed by atoms with Gasteiger partial charge < -0.3 is 9.64 Å². The highest BCUT2D eigenvalue weighted by Gasteiger charge is 2.48. The van der Waals surface area contributed by atoms with Gasteiger partial charge in [-0.2, -0.15) is 0 Å². The van der Waals surface area contributed by atoms with Gasteiger partial charge in [0.05, 0.1) is 29.2 Å². The second kappa shape index (κ2) is 11.7. The Bertz CT molecular complexity index is 1440. The highest BCUT2D eigenvalue weighted by molar-refractivity contribution is 7.92. The monoisotopic (exact) mass is 618 g/mol. The SMILES string of the molecule is CC(CS(=O)(=O)C(C)(C)C)N1C(=O)[C@H](CC(=O)NS(C)(=O)=O)O[C@H](c2cccc(Cl)c2)[C@H]1c1ccc(Cl)cc1. The number of sulfonamides is 1. The van der Waals surface area contributed by atoms with Crippen LogP contribution in [-0.4, -0.2) is 62.5 Å². The number of hydrogen-bond acceptors (Lipinski definition) is 7. The van der Waals surface area contributed by atoms with Crippen molar-refractivity contribution >= 4 is 54.9 Å². The first-order chi connectivity index (χ1) is 17.9. The number of sulfone groups is 1. The summed E-state index contributed by atoms with van der Waals surface area (Å²) < 4.78 is 56.6. The van der Waals surface area contributed by atoms with Gasteiger partial charge in [-0.3, -0.25) is 14.3 Å². The number of carbonyl (C=O) groups is 2. The molecule has 9 nitrogen and oxygen atoms in total. The van der Waals surface area contributed by atoms with Crippen molar-refractivity contribution in [2.24, 2.45) is 0 Å². The fourth-order valence-electron chi connectivity index (χ4n) is 4.39. The van der Waals surface area contributed by atoms with Crippen LogP contribution < -0.4 is 4.72 Å². The van der Waals surface area contributed by atoms with Gasteiger partial charge in [-0.05, 0) is 63.1 Å². The van der Waals surface area contributed by atoms with E-state index in [2.05, 4.69) is 0 Å². The summed E-state index contributed by atoms with van der Waals surface area (Å²) in [4.78, 5) is 27.9. The molecule has 1 saturated heterocycles. The van der Waals surface area contributed by atoms with Crippen LogP contribution in [0.1, 0.15) is 57.4 Å². The minimum Gasteiger partial charge on any atom is -0.357 e. The molecule has 3 rings (SSSR count). The summed E-state index contributed by atoms with van der Waals surface area (Å²) >= 11 is 12.4. The van der Waals surface area contributed by atoms with Crippen LogP contribution >= 0.6 is 23.2 Å². The smallest absolute Gasteiger partial charge is 0.253 e. The van der Waals surface area contributed by atoms with Crippen molar-refractivity contribution in [1.29, 1.82) is 0 Å². The molecule has 1 aliphatic heterocycles. The van der Waals surface area contributed by atoms with Gasteiger partial charge >= 0.3 is 0 Å². The minimum atomic E-state index is -3.88. The van der Waals surface area contributed by atoms with Gasteiger partial charge in [0.1, 0.15) is 12.2 Å². The summed E-state index contributed by atoms with van der Waals surface area (Å²) in [6.07, 6.45) is -2.03. The summed E-state index contributed by atoms with van der Waals surface area (Å²) in [6.45, 7) is 6.37. The van der Waals surface area contributed by atoms with E-state index in [4.69, 9.17) is 27.9 Å². The fourth-order valence-corrected chi connectivity index (χ4v) is 6.51. The predicted octanol–water partition coefficient (Wildman–Crippen LogP) is 4.07. The van der Waals surface area contributed by atoms with Crippen LogP contribution in [0.15, 0.2) is 48.5 Å². The number of benzene rings is 2. The van der Waals surface area contributed by atoms with Crippen LogP contribution in [0.3, 0.4) is 0 Å². The summed E-state index contributed by atoms with van der Waals surface area (Å²) in [5, 5.41) is 0.871. The van der Waals surface area contributed by atoms with Crippen molar-refractivity contribution in [1.82, 2.24) is 9.62 Å². The van der Waals surface area contributed by atoms with E-state index in [0.29, 0.717) is 21.2 Å². The Kier molecular flexibility index (Phi) is 9.44. The molecule has 1 aliphatic rings. The van der Waals surface area contributed by atoms with Gasteiger partial charge in [-0.1, -0.05) is 47.5 Å². The first-order valence-electron chi connectivity index (χ1n) is 12.1. The Hall–Kier alpha value is -2.18. The van der Waals surface area contributed by atoms with Crippen LogP contribution in [0.4, 0.5) is 0 Å². The first kappa shape index (κ1) is 31.3. The Morgan fingerprint density at radius 1 is 1.03 bits per heavy atom. The van der Waals surface area contributed by atoms with Crippen LogP contribution in [-0.2, 0) is 34.2 Å². The van der Waals surface area contributed by atoms with Gasteiger partial charge in [0, 0.05) is 16.1 Å². The Morgan fingerprint density at radius 3 is 2.18 bits per heavy atom. The van der Waals surface area contributed by atoms with E-state index in [-0.39, 0.29) is 5.75 Å². The number of halogens is 2. The summed E-state index contributed by atoms with van der Waals surface area (Å²) in [6, 6.07) is 11.9. The molecule has 1 unspecified atom stereocenters. The number of amides is 2. The normalized spacial score (nSPS) is 21.5. The maximum absolute atomic E-state index is 13.9. The zero-order chi connectivity index (χ0) is 29.3. The molecule has 39 heavy (non-hydrogen) atoms. The summed E-state index contributed by atoms with van der Waals surface area (Å²) in [7, 11) is -7.55. The quantitative estimate of drug-likeness (QED) is 0.472. The average Bonchev–Trinajstić information content (AvgIpc) is 2.78. The highest BCUT2D eigenvalue weighted by atomic mass is 35.5. The van der Waals surface area contributed by atoms with Crippen molar-refractivity contribution < 1.29 is 31.2 Å². The van der Waals surface area contributed by atoms with Gasteiger partial charge in [-0.15, -0.1) is 0 Å². The topological polar surface area (TPSA) is 127 Å². The number of hydrogen-bond donors (Lipinski definition) is 1. The van der Waals surface area contributed by atoms with E-state index in [9.17, 15) is 26.4 Å². The summed E-state index contributed by atoms with van der Waals surface area (Å²) in [5.74, 6) is -1.93. The highest BCUT2D eigenvalue weighted by Crippen LogP contribution is 2.44. The Morgan fingerprint density at radius 2 is 1.64 bits per heavy atom. The van der Waals surface area contributed by atoms with Crippen LogP contribution in [0.2, 0.25) is 10.0 Å². The zero-order valence-electron chi connectivity index (χ0n) is 22.2. The number of morpholine rings is 1. The molecule has 2 aromatic rings. The average molecular weight is 620 g/mol. The van der Waals surface area contributed by atoms with Crippen molar-refractivity contribution in [3.05, 3.63) is 69.7 Å². The lowest BCUT2D eigenvalue weighted by atomic mass is 9.90. The molecule has 0 spiro atoms. The predicted molar refractivity (Wildman–Crippen MR) is 151 cm³/mol. The molecule has 4 atom stereocenters. The van der Waals surface area contributed by atoms with E-state index >= 15 is 0 Å². The van der Waals surface area contributed by atoms with Gasteiger partial charge in [0.15, 0.2) is 9.84 Å². The van der Waals surface area contributed by atoms with Crippen LogP contribution in [0.5, 0.6) is 0 Å². The third-order valence-corrected chi connectivity index (χ3v) is 10.2. The number of ether oxygens (including phenoxy) is 1. The van der Waals surface area contributed by atoms with Crippen molar-refractivity contribution in [2.75, 3.05) is 12.0 Å². The van der Waals surface area contributed by atoms with Crippen molar-refractivity contribution in [3.8, 4) is 0 Å². The zero-order valence-corrected chi connectivity index (χ0v) is 25.4. The van der Waals surface area contributed by atoms with E-state index in [1.54, 1.807) is 76.2 Å². The second-order valence-electron chi connectivity index (χ2n) is 10.6. The van der Waals surface area contributed by atoms with Crippen molar-refractivity contribution in [3.63, 3.8) is 0 Å². The van der Waals surface area contributed by atoms with Gasteiger partial charge in [-0.25, -0.2) is 16.8 Å². The number of nitrogens with one attached hydrogen (secondary N) is 1. The molecule has 214 valence electrons. The molecule has 0 saturated carbocycles. The number of nitrogens with zero attached hydrogens (tertiary/aromatic N) is 1. The van der Waals surface area contributed by atoms with E-state index < -0.39 is 67.1 Å². The molecule has 1 fully saturated rings. The number of rotatable bonds is 8. The lowest BCUT2D eigenvalue weighted by molar-refractivity contribution is -0.179. The van der Waals surface area contributed by atoms with Gasteiger partial charge in [0.2, 0.25) is 15.9 Å². The lowest BCUT2D eigenvalue weighted by Gasteiger charge is -2.47. The molecule has 0 radical (unpaired) electrons. The molecular weight excluding hydrogens is 587 g/mol. The number of carbonyl (C=O) groups excluding carboxylic acids is 2. The molecule has 1 N–H and O–H groups in total. The molecule has 0 aliphatic carbocycles. The summed E-state index contributed by atoms with van der Waals surface area (Å²) in [5.41, 5.74) is 1.20. The van der Waals surface area contributed by atoms with Crippen molar-refractivity contribution in [2.45, 2.75) is 63.2 Å². The fraction of sp³-hybridized carbons (Fsp3) is 0.462. The minimum absolute atomic E-state index is 0.350. The molecular formula is C26H32Cl2N2O7S2. The van der Waals surface area contributed by atoms with E-state index in [1.807, 2.05) is 4.72 Å². The van der Waals surface area contributed by atoms with Gasteiger partial charge in [0.25, 0.3) is 5.91 Å². The first-order valence-corrected chi connectivity index (χ1v) is 16.4. The molecule has 0 aromatic heterocycles. The maximum Gasteiger partial charge on any atom is 0.253 e. The Labute approximate surface area is 239 Å². The third-order valence-electron chi connectivity index (χ3n) is 6.35. The molecule has 13 heteroatoms. The standard InChI is InChI=1S/C26H32Cl2N2O7S2/c1-16(15-39(35,36)26(2,3)4)30-23(17-9-11-19(27)12-10-17)24(18-7-6-8-20(28)13-18)37-21(25(30)32)14-22(31)29-38(5,33)34/h6-13,16,21,23-24H,14-15H2,1-5H3,(H,29,31)/t16?,21-,23+,24+/m0/s1. The largest absolute Gasteiger partial charge is 0.357 e. The van der Waals surface area contributed by atoms with E-state index in [0.717, 1.165) is 6.26 Å². The molecule has 2 amide bonds. The second-order valence-corrected chi connectivity index (χ2v) is 16.0. The van der Waals surface area contributed by atoms with E-state index in [1.165, 1.54) is 4.90 Å². The maximum atomic E-state index is 13.9. The molecule has 2 aromatic carbocycles. The molecule has 1 heterocycles. The molecule has 0 bridgehead atoms. The Balaban J connectivity index is 2.16. The van der Waals surface area contributed by atoms with Crippen LogP contribution in [0, 0.1) is 0 Å². The lowest BCUT2D eigenvalue weighted by Crippen LogP contribution is -2.57.